The summed E-state index contributed by atoms with van der Waals surface area (Å²) in [5.74, 6) is -0.276. The lowest BCUT2D eigenvalue weighted by molar-refractivity contribution is 0.417. The summed E-state index contributed by atoms with van der Waals surface area (Å²) in [6.07, 6.45) is 1.06. The second-order valence-electron chi connectivity index (χ2n) is 6.47. The van der Waals surface area contributed by atoms with Crippen molar-refractivity contribution in [2.75, 3.05) is 0 Å². The molecule has 3 aromatic rings. The number of benzene rings is 3. The fourth-order valence-electron chi connectivity index (χ4n) is 3.06. The van der Waals surface area contributed by atoms with E-state index < -0.39 is 6.08 Å². The van der Waals surface area contributed by atoms with Crippen LogP contribution in [-0.4, -0.2) is 0 Å². The minimum absolute atomic E-state index is 0.276. The number of hydrogen-bond acceptors (Lipinski definition) is 0. The Morgan fingerprint density at radius 1 is 0.778 bits per heavy atom. The third-order valence-corrected chi connectivity index (χ3v) is 4.66. The standard InChI is InChI=1S/C24H21F3/c1-2-17-6-10-19(11-7-17)21-14-15-22(23(25)16-21)20-12-8-18(9-13-20)4-3-5-24(26)27/h5-16H,2-4H2,1H3. The van der Waals surface area contributed by atoms with Crippen molar-refractivity contribution in [3.63, 3.8) is 0 Å². The summed E-state index contributed by atoms with van der Waals surface area (Å²) in [6.45, 7) is 2.10. The molecule has 0 nitrogen and oxygen atoms in total. The van der Waals surface area contributed by atoms with Crippen molar-refractivity contribution in [1.29, 1.82) is 0 Å². The molecule has 0 heterocycles. The average molecular weight is 366 g/mol. The van der Waals surface area contributed by atoms with E-state index >= 15 is 0 Å². The van der Waals surface area contributed by atoms with Gasteiger partial charge in [0.15, 0.2) is 0 Å². The summed E-state index contributed by atoms with van der Waals surface area (Å²) < 4.78 is 38.8. The third kappa shape index (κ3) is 4.88. The summed E-state index contributed by atoms with van der Waals surface area (Å²) in [5, 5.41) is 0. The van der Waals surface area contributed by atoms with E-state index in [-0.39, 0.29) is 5.82 Å². The van der Waals surface area contributed by atoms with Crippen LogP contribution in [0.15, 0.2) is 78.9 Å². The molecule has 0 aliphatic rings. The van der Waals surface area contributed by atoms with Crippen molar-refractivity contribution >= 4 is 0 Å². The molecule has 3 aromatic carbocycles. The molecule has 138 valence electrons. The predicted molar refractivity (Wildman–Crippen MR) is 105 cm³/mol. The van der Waals surface area contributed by atoms with Crippen LogP contribution in [0.5, 0.6) is 0 Å². The smallest absolute Gasteiger partial charge is 0.206 e. The molecule has 0 aliphatic carbocycles. The molecule has 0 atom stereocenters. The molecule has 0 aliphatic heterocycles. The molecular weight excluding hydrogens is 345 g/mol. The number of rotatable bonds is 6. The van der Waals surface area contributed by atoms with Crippen molar-refractivity contribution in [3.05, 3.63) is 95.8 Å². The van der Waals surface area contributed by atoms with Gasteiger partial charge in [-0.25, -0.2) is 4.39 Å². The van der Waals surface area contributed by atoms with Crippen molar-refractivity contribution in [2.24, 2.45) is 0 Å². The molecule has 0 N–H and O–H groups in total. The lowest BCUT2D eigenvalue weighted by atomic mass is 9.97. The molecule has 0 aromatic heterocycles. The Bertz CT molecular complexity index is 919. The molecule has 3 heteroatoms. The van der Waals surface area contributed by atoms with E-state index in [1.807, 2.05) is 42.5 Å². The Kier molecular flexibility index (Phi) is 6.12. The maximum atomic E-state index is 14.7. The number of allylic oxidation sites excluding steroid dienone is 1. The SMILES string of the molecule is CCc1ccc(-c2ccc(-c3ccc(CCC=C(F)F)cc3)c(F)c2)cc1. The molecule has 27 heavy (non-hydrogen) atoms. The van der Waals surface area contributed by atoms with Crippen LogP contribution < -0.4 is 0 Å². The molecule has 0 unspecified atom stereocenters. The Labute approximate surface area is 158 Å². The number of hydrogen-bond donors (Lipinski definition) is 0. The molecule has 0 fully saturated rings. The molecule has 0 saturated heterocycles. The maximum Gasteiger partial charge on any atom is 0.266 e. The zero-order valence-electron chi connectivity index (χ0n) is 15.2. The van der Waals surface area contributed by atoms with Crippen LogP contribution in [-0.2, 0) is 12.8 Å². The molecule has 0 bridgehead atoms. The maximum absolute atomic E-state index is 14.7. The van der Waals surface area contributed by atoms with Crippen LogP contribution in [0.1, 0.15) is 24.5 Å². The first-order valence-corrected chi connectivity index (χ1v) is 9.06. The highest BCUT2D eigenvalue weighted by molar-refractivity contribution is 5.71. The molecule has 0 radical (unpaired) electrons. The fraction of sp³-hybridized carbons (Fsp3) is 0.167. The van der Waals surface area contributed by atoms with Gasteiger partial charge >= 0.3 is 0 Å². The Balaban J connectivity index is 1.78. The van der Waals surface area contributed by atoms with Crippen molar-refractivity contribution in [1.82, 2.24) is 0 Å². The topological polar surface area (TPSA) is 0 Å². The third-order valence-electron chi connectivity index (χ3n) is 4.66. The highest BCUT2D eigenvalue weighted by Gasteiger charge is 2.08. The van der Waals surface area contributed by atoms with Crippen LogP contribution in [0.3, 0.4) is 0 Å². The first-order valence-electron chi connectivity index (χ1n) is 9.06. The number of halogens is 3. The van der Waals surface area contributed by atoms with E-state index in [1.165, 1.54) is 5.56 Å². The normalized spacial score (nSPS) is 10.7. The van der Waals surface area contributed by atoms with Gasteiger partial charge in [0, 0.05) is 5.56 Å². The van der Waals surface area contributed by atoms with Gasteiger partial charge in [-0.3, -0.25) is 0 Å². The highest BCUT2D eigenvalue weighted by Crippen LogP contribution is 2.28. The predicted octanol–water partition coefficient (Wildman–Crippen LogP) is 7.44. The van der Waals surface area contributed by atoms with Crippen molar-refractivity contribution in [3.8, 4) is 22.3 Å². The van der Waals surface area contributed by atoms with Gasteiger partial charge in [0.1, 0.15) is 5.82 Å². The summed E-state index contributed by atoms with van der Waals surface area (Å²) in [7, 11) is 0. The van der Waals surface area contributed by atoms with Gasteiger partial charge in [-0.15, -0.1) is 0 Å². The Morgan fingerprint density at radius 2 is 1.37 bits per heavy atom. The largest absolute Gasteiger partial charge is 0.266 e. The summed E-state index contributed by atoms with van der Waals surface area (Å²) >= 11 is 0. The lowest BCUT2D eigenvalue weighted by Gasteiger charge is -2.08. The molecular formula is C24H21F3. The number of aryl methyl sites for hydroxylation is 2. The summed E-state index contributed by atoms with van der Waals surface area (Å²) in [5.41, 5.74) is 5.34. The molecule has 0 spiro atoms. The second kappa shape index (κ2) is 8.72. The van der Waals surface area contributed by atoms with Gasteiger partial charge < -0.3 is 0 Å². The Morgan fingerprint density at radius 3 is 1.96 bits per heavy atom. The van der Waals surface area contributed by atoms with E-state index in [2.05, 4.69) is 19.1 Å². The molecule has 0 amide bonds. The highest BCUT2D eigenvalue weighted by atomic mass is 19.3. The second-order valence-corrected chi connectivity index (χ2v) is 6.47. The zero-order valence-corrected chi connectivity index (χ0v) is 15.2. The minimum atomic E-state index is -1.65. The van der Waals surface area contributed by atoms with Crippen LogP contribution in [0, 0.1) is 5.82 Å². The van der Waals surface area contributed by atoms with Crippen molar-refractivity contribution in [2.45, 2.75) is 26.2 Å². The van der Waals surface area contributed by atoms with E-state index in [0.717, 1.165) is 34.8 Å². The van der Waals surface area contributed by atoms with Crippen LogP contribution >= 0.6 is 0 Å². The quantitative estimate of drug-likeness (QED) is 0.425. The van der Waals surface area contributed by atoms with E-state index in [1.54, 1.807) is 12.1 Å². The van der Waals surface area contributed by atoms with Crippen LogP contribution in [0.4, 0.5) is 13.2 Å². The van der Waals surface area contributed by atoms with Gasteiger partial charge in [-0.2, -0.15) is 8.78 Å². The van der Waals surface area contributed by atoms with Crippen molar-refractivity contribution < 1.29 is 13.2 Å². The zero-order chi connectivity index (χ0) is 19.2. The first-order chi connectivity index (χ1) is 13.1. The minimum Gasteiger partial charge on any atom is -0.206 e. The lowest BCUT2D eigenvalue weighted by Crippen LogP contribution is -1.89. The van der Waals surface area contributed by atoms with Gasteiger partial charge in [0.25, 0.3) is 6.08 Å². The fourth-order valence-corrected chi connectivity index (χ4v) is 3.06. The average Bonchev–Trinajstić information content (AvgIpc) is 2.68. The monoisotopic (exact) mass is 366 g/mol. The summed E-state index contributed by atoms with van der Waals surface area (Å²) in [4.78, 5) is 0. The van der Waals surface area contributed by atoms with E-state index in [9.17, 15) is 13.2 Å². The summed E-state index contributed by atoms with van der Waals surface area (Å²) in [6, 6.07) is 20.8. The Hall–Kier alpha value is -2.81. The van der Waals surface area contributed by atoms with Gasteiger partial charge in [0.05, 0.1) is 0 Å². The first kappa shape index (κ1) is 19.0. The van der Waals surface area contributed by atoms with Gasteiger partial charge in [0.2, 0.25) is 0 Å². The van der Waals surface area contributed by atoms with E-state index in [0.29, 0.717) is 18.4 Å². The molecule has 3 rings (SSSR count). The van der Waals surface area contributed by atoms with E-state index in [4.69, 9.17) is 0 Å². The van der Waals surface area contributed by atoms with Crippen LogP contribution in [0.2, 0.25) is 0 Å². The van der Waals surface area contributed by atoms with Gasteiger partial charge in [-0.1, -0.05) is 67.6 Å². The van der Waals surface area contributed by atoms with Crippen LogP contribution in [0.25, 0.3) is 22.3 Å². The molecule has 0 saturated carbocycles. The van der Waals surface area contributed by atoms with Gasteiger partial charge in [-0.05, 0) is 59.2 Å².